The Hall–Kier alpha value is -2.53. The third kappa shape index (κ3) is 4.56. The van der Waals surface area contributed by atoms with Crippen LogP contribution in [0.2, 0.25) is 0 Å². The lowest BCUT2D eigenvalue weighted by molar-refractivity contribution is -0.0972. The zero-order valence-corrected chi connectivity index (χ0v) is 18.2. The third-order valence-electron chi connectivity index (χ3n) is 5.26. The average molecular weight is 398 g/mol. The highest BCUT2D eigenvalue weighted by Crippen LogP contribution is 2.45. The number of aryl methyl sites for hydroxylation is 1. The molecule has 0 heterocycles. The first-order valence-electron chi connectivity index (χ1n) is 9.94. The van der Waals surface area contributed by atoms with Crippen LogP contribution < -0.4 is 4.74 Å². The predicted octanol–water partition coefficient (Wildman–Crippen LogP) is 4.92. The highest BCUT2D eigenvalue weighted by Gasteiger charge is 2.50. The van der Waals surface area contributed by atoms with Crippen LogP contribution >= 0.6 is 0 Å². The van der Waals surface area contributed by atoms with Gasteiger partial charge in [-0.1, -0.05) is 42.5 Å². The molecule has 0 aromatic heterocycles. The maximum Gasteiger partial charge on any atom is 0.410 e. The maximum atomic E-state index is 12.6. The molecule has 2 aromatic carbocycles. The number of hydrogen-bond acceptors (Lipinski definition) is 4. The fraction of sp³-hybridized carbons (Fsp3) is 0.458. The quantitative estimate of drug-likeness (QED) is 0.718. The number of benzene rings is 2. The number of hydrogen-bond donors (Lipinski definition) is 0. The van der Waals surface area contributed by atoms with E-state index < -0.39 is 11.2 Å². The van der Waals surface area contributed by atoms with E-state index >= 15 is 0 Å². The maximum absolute atomic E-state index is 12.6. The van der Waals surface area contributed by atoms with Gasteiger partial charge in [-0.05, 0) is 50.5 Å². The van der Waals surface area contributed by atoms with Crippen molar-refractivity contribution in [2.45, 2.75) is 51.4 Å². The van der Waals surface area contributed by atoms with Crippen LogP contribution in [0, 0.1) is 6.92 Å². The predicted molar refractivity (Wildman–Crippen MR) is 113 cm³/mol. The summed E-state index contributed by atoms with van der Waals surface area (Å²) in [6.07, 6.45) is -0.0576. The van der Waals surface area contributed by atoms with Gasteiger partial charge in [-0.3, -0.25) is 0 Å². The Morgan fingerprint density at radius 2 is 1.79 bits per heavy atom. The van der Waals surface area contributed by atoms with Crippen molar-refractivity contribution in [3.05, 3.63) is 65.2 Å². The molecular formula is C24H31NO4. The van der Waals surface area contributed by atoms with Crippen molar-refractivity contribution in [2.75, 3.05) is 20.7 Å². The lowest BCUT2D eigenvalue weighted by atomic mass is 9.96. The number of carbonyl (C=O) groups excluding carboxylic acids is 1. The second kappa shape index (κ2) is 8.07. The smallest absolute Gasteiger partial charge is 0.410 e. The number of fused-ring (bicyclic) bond motifs is 1. The summed E-state index contributed by atoms with van der Waals surface area (Å²) in [6, 6.07) is 16.1. The topological polar surface area (TPSA) is 48.0 Å². The molecule has 0 saturated heterocycles. The van der Waals surface area contributed by atoms with E-state index in [1.54, 1.807) is 19.1 Å². The third-order valence-corrected chi connectivity index (χ3v) is 5.26. The normalized spacial score (nSPS) is 20.8. The van der Waals surface area contributed by atoms with E-state index in [9.17, 15) is 4.79 Å². The van der Waals surface area contributed by atoms with Gasteiger partial charge in [0.05, 0.1) is 6.54 Å². The minimum atomic E-state index is -0.711. The van der Waals surface area contributed by atoms with Crippen molar-refractivity contribution in [2.24, 2.45) is 0 Å². The van der Waals surface area contributed by atoms with E-state index in [4.69, 9.17) is 14.2 Å². The van der Waals surface area contributed by atoms with E-state index in [1.807, 2.05) is 64.1 Å². The zero-order valence-electron chi connectivity index (χ0n) is 18.2. The summed E-state index contributed by atoms with van der Waals surface area (Å²) in [6.45, 7) is 7.96. The zero-order chi connectivity index (χ0) is 21.2. The first kappa shape index (κ1) is 21.2. The van der Waals surface area contributed by atoms with Crippen LogP contribution in [0.4, 0.5) is 4.79 Å². The largest absolute Gasteiger partial charge is 0.482 e. The molecule has 2 aromatic rings. The van der Waals surface area contributed by atoms with E-state index in [1.165, 1.54) is 5.56 Å². The number of ether oxygens (including phenoxy) is 3. The molecule has 29 heavy (non-hydrogen) atoms. The Bertz CT molecular complexity index is 873. The molecule has 0 aliphatic heterocycles. The molecule has 1 aliphatic rings. The summed E-state index contributed by atoms with van der Waals surface area (Å²) in [5, 5.41) is 0. The lowest BCUT2D eigenvalue weighted by Gasteiger charge is -2.38. The monoisotopic (exact) mass is 397 g/mol. The molecule has 156 valence electrons. The van der Waals surface area contributed by atoms with Crippen LogP contribution in [0.5, 0.6) is 5.75 Å². The van der Waals surface area contributed by atoms with Crippen molar-refractivity contribution in [1.29, 1.82) is 0 Å². The van der Waals surface area contributed by atoms with Gasteiger partial charge < -0.3 is 19.1 Å². The SMILES string of the molecule is CO[C@]1(CN(C)C(=O)OC(C)(C)C)Cc2ccccc2[C@H]1Oc1ccccc1C. The number of rotatable bonds is 5. The van der Waals surface area contributed by atoms with Gasteiger partial charge in [-0.2, -0.15) is 0 Å². The molecule has 0 unspecified atom stereocenters. The number of carbonyl (C=O) groups is 1. The second-order valence-electron chi connectivity index (χ2n) is 8.74. The number of amides is 1. The van der Waals surface area contributed by atoms with Crippen LogP contribution in [-0.2, 0) is 15.9 Å². The van der Waals surface area contributed by atoms with E-state index in [2.05, 4.69) is 12.1 Å². The Balaban J connectivity index is 1.93. The summed E-state index contributed by atoms with van der Waals surface area (Å²) in [5.74, 6) is 0.815. The molecule has 3 rings (SSSR count). The standard InChI is InChI=1S/C24H31NO4/c1-17-11-7-10-14-20(17)28-21-19-13-9-8-12-18(19)15-24(21,27-6)16-25(5)22(26)29-23(2,3)4/h7-14,21H,15-16H2,1-6H3/t21-,24+/m1/s1. The fourth-order valence-electron chi connectivity index (χ4n) is 3.82. The molecule has 0 radical (unpaired) electrons. The average Bonchev–Trinajstić information content (AvgIpc) is 2.96. The summed E-state index contributed by atoms with van der Waals surface area (Å²) in [4.78, 5) is 14.2. The van der Waals surface area contributed by atoms with Gasteiger partial charge in [0, 0.05) is 20.6 Å². The summed E-state index contributed by atoms with van der Waals surface area (Å²) in [5.41, 5.74) is 2.06. The Morgan fingerprint density at radius 3 is 2.45 bits per heavy atom. The van der Waals surface area contributed by atoms with E-state index in [-0.39, 0.29) is 12.2 Å². The van der Waals surface area contributed by atoms with Crippen LogP contribution in [0.25, 0.3) is 0 Å². The van der Waals surface area contributed by atoms with Crippen LogP contribution in [0.1, 0.15) is 43.6 Å². The Labute approximate surface area is 173 Å². The first-order chi connectivity index (χ1) is 13.6. The highest BCUT2D eigenvalue weighted by molar-refractivity contribution is 5.68. The molecule has 0 saturated carbocycles. The molecule has 0 fully saturated rings. The van der Waals surface area contributed by atoms with Gasteiger partial charge in [0.25, 0.3) is 0 Å². The van der Waals surface area contributed by atoms with Crippen molar-refractivity contribution in [3.63, 3.8) is 0 Å². The Kier molecular flexibility index (Phi) is 5.90. The number of nitrogens with zero attached hydrogens (tertiary/aromatic N) is 1. The summed E-state index contributed by atoms with van der Waals surface area (Å²) in [7, 11) is 3.42. The van der Waals surface area contributed by atoms with Crippen molar-refractivity contribution >= 4 is 6.09 Å². The lowest BCUT2D eigenvalue weighted by Crippen LogP contribution is -2.50. The minimum Gasteiger partial charge on any atom is -0.482 e. The van der Waals surface area contributed by atoms with Crippen molar-refractivity contribution in [3.8, 4) is 5.75 Å². The molecule has 1 amide bonds. The minimum absolute atomic E-state index is 0.338. The van der Waals surface area contributed by atoms with Crippen LogP contribution in [-0.4, -0.2) is 42.9 Å². The summed E-state index contributed by atoms with van der Waals surface area (Å²) < 4.78 is 18.1. The van der Waals surface area contributed by atoms with E-state index in [0.717, 1.165) is 16.9 Å². The molecule has 1 aliphatic carbocycles. The molecule has 5 heteroatoms. The molecule has 5 nitrogen and oxygen atoms in total. The molecule has 0 N–H and O–H groups in total. The van der Waals surface area contributed by atoms with Gasteiger partial charge in [-0.15, -0.1) is 0 Å². The molecule has 0 spiro atoms. The summed E-state index contributed by atoms with van der Waals surface area (Å²) >= 11 is 0. The molecule has 0 bridgehead atoms. The molecule has 2 atom stereocenters. The number of methoxy groups -OCH3 is 1. The highest BCUT2D eigenvalue weighted by atomic mass is 16.6. The van der Waals surface area contributed by atoms with Gasteiger partial charge >= 0.3 is 6.09 Å². The van der Waals surface area contributed by atoms with Crippen molar-refractivity contribution < 1.29 is 19.0 Å². The Morgan fingerprint density at radius 1 is 1.14 bits per heavy atom. The van der Waals surface area contributed by atoms with E-state index in [0.29, 0.717) is 13.0 Å². The van der Waals surface area contributed by atoms with Gasteiger partial charge in [0.15, 0.2) is 6.10 Å². The fourth-order valence-corrected chi connectivity index (χ4v) is 3.82. The van der Waals surface area contributed by atoms with Crippen molar-refractivity contribution in [1.82, 2.24) is 4.90 Å². The van der Waals surface area contributed by atoms with Crippen LogP contribution in [0.15, 0.2) is 48.5 Å². The number of likely N-dealkylation sites (N-methyl/N-ethyl adjacent to an activating group) is 1. The van der Waals surface area contributed by atoms with Gasteiger partial charge in [-0.25, -0.2) is 4.79 Å². The van der Waals surface area contributed by atoms with Gasteiger partial charge in [0.1, 0.15) is 17.0 Å². The van der Waals surface area contributed by atoms with Gasteiger partial charge in [0.2, 0.25) is 0 Å². The molecular weight excluding hydrogens is 366 g/mol. The first-order valence-corrected chi connectivity index (χ1v) is 9.94. The van der Waals surface area contributed by atoms with Crippen LogP contribution in [0.3, 0.4) is 0 Å². The second-order valence-corrected chi connectivity index (χ2v) is 8.74. The number of para-hydroxylation sites is 1.